The normalized spacial score (nSPS) is 23.4. The van der Waals surface area contributed by atoms with Crippen molar-refractivity contribution in [2.45, 2.75) is 47.5 Å². The molecular weight excluding hydrogens is 483 g/mol. The van der Waals surface area contributed by atoms with Crippen LogP contribution >= 0.6 is 11.6 Å². The summed E-state index contributed by atoms with van der Waals surface area (Å²) in [7, 11) is -2.16. The Bertz CT molecular complexity index is 1160. The van der Waals surface area contributed by atoms with Crippen molar-refractivity contribution >= 4 is 21.4 Å². The van der Waals surface area contributed by atoms with Crippen molar-refractivity contribution in [1.82, 2.24) is 5.32 Å². The van der Waals surface area contributed by atoms with Crippen molar-refractivity contribution in [1.29, 1.82) is 5.26 Å². The van der Waals surface area contributed by atoms with Crippen LogP contribution in [0.1, 0.15) is 25.7 Å². The summed E-state index contributed by atoms with van der Waals surface area (Å²) >= 11 is 6.35. The highest BCUT2D eigenvalue weighted by Gasteiger charge is 2.44. The maximum atomic E-state index is 13.4. The summed E-state index contributed by atoms with van der Waals surface area (Å²) < 4.78 is 56.7. The average Bonchev–Trinajstić information content (AvgIpc) is 3.47. The molecule has 0 aliphatic heterocycles. The maximum Gasteiger partial charge on any atom is 0.182 e. The number of hydrogen-bond acceptors (Lipinski definition) is 7. The number of nitrogens with zero attached hydrogens (tertiary/aromatic N) is 1. The number of nitriles is 1. The Morgan fingerprint density at radius 3 is 2.50 bits per heavy atom. The SMILES string of the molecule is COC1CC(S(=O)(=O)c2ccc(Oc3ccc(F)cc3)cc2Cl)C[C@@H]1COCNC1(C#N)CC1. The minimum absolute atomic E-state index is 0.0356. The molecule has 10 heteroatoms. The highest BCUT2D eigenvalue weighted by atomic mass is 35.5. The molecule has 0 spiro atoms. The number of methoxy groups -OCH3 is 1. The van der Waals surface area contributed by atoms with E-state index in [0.29, 0.717) is 30.9 Å². The monoisotopic (exact) mass is 508 g/mol. The number of hydrogen-bond donors (Lipinski definition) is 1. The fourth-order valence-corrected chi connectivity index (χ4v) is 6.59. The third kappa shape index (κ3) is 5.53. The zero-order chi connectivity index (χ0) is 24.3. The fraction of sp³-hybridized carbons (Fsp3) is 0.458. The van der Waals surface area contributed by atoms with Gasteiger partial charge in [0, 0.05) is 19.1 Å². The zero-order valence-corrected chi connectivity index (χ0v) is 20.2. The second kappa shape index (κ2) is 10.2. The third-order valence-corrected chi connectivity index (χ3v) is 9.05. The number of ether oxygens (including phenoxy) is 3. The Kier molecular flexibility index (Phi) is 7.45. The van der Waals surface area contributed by atoms with Gasteiger partial charge in [0.2, 0.25) is 0 Å². The molecule has 0 radical (unpaired) electrons. The molecule has 2 saturated carbocycles. The van der Waals surface area contributed by atoms with Gasteiger partial charge in [-0.25, -0.2) is 12.8 Å². The molecule has 0 aromatic heterocycles. The summed E-state index contributed by atoms with van der Waals surface area (Å²) in [5.74, 6) is 0.281. The van der Waals surface area contributed by atoms with Gasteiger partial charge in [0.25, 0.3) is 0 Å². The lowest BCUT2D eigenvalue weighted by Crippen LogP contribution is -2.33. The quantitative estimate of drug-likeness (QED) is 0.374. The third-order valence-electron chi connectivity index (χ3n) is 6.40. The van der Waals surface area contributed by atoms with Crippen LogP contribution in [0.15, 0.2) is 47.4 Å². The lowest BCUT2D eigenvalue weighted by molar-refractivity contribution is 0.0119. The van der Waals surface area contributed by atoms with Crippen molar-refractivity contribution in [3.8, 4) is 17.6 Å². The van der Waals surface area contributed by atoms with E-state index in [2.05, 4.69) is 11.4 Å². The van der Waals surface area contributed by atoms with Gasteiger partial charge in [-0.05, 0) is 62.1 Å². The van der Waals surface area contributed by atoms with Gasteiger partial charge >= 0.3 is 0 Å². The van der Waals surface area contributed by atoms with Crippen LogP contribution in [0.4, 0.5) is 4.39 Å². The van der Waals surface area contributed by atoms with E-state index in [1.54, 1.807) is 7.11 Å². The number of rotatable bonds is 10. The first-order valence-corrected chi connectivity index (χ1v) is 12.9. The van der Waals surface area contributed by atoms with E-state index >= 15 is 0 Å². The van der Waals surface area contributed by atoms with Gasteiger partial charge in [0.1, 0.15) is 22.9 Å². The Morgan fingerprint density at radius 2 is 1.88 bits per heavy atom. The Morgan fingerprint density at radius 1 is 1.18 bits per heavy atom. The molecule has 0 amide bonds. The largest absolute Gasteiger partial charge is 0.457 e. The highest BCUT2D eigenvalue weighted by molar-refractivity contribution is 7.92. The van der Waals surface area contributed by atoms with Crippen molar-refractivity contribution in [3.63, 3.8) is 0 Å². The summed E-state index contributed by atoms with van der Waals surface area (Å²) in [5.41, 5.74) is -0.467. The van der Waals surface area contributed by atoms with E-state index in [4.69, 9.17) is 31.1 Å². The summed E-state index contributed by atoms with van der Waals surface area (Å²) in [5, 5.41) is 11.6. The van der Waals surface area contributed by atoms with Gasteiger partial charge in [-0.15, -0.1) is 0 Å². The maximum absolute atomic E-state index is 13.4. The molecule has 0 saturated heterocycles. The van der Waals surface area contributed by atoms with Crippen molar-refractivity contribution in [2.75, 3.05) is 20.4 Å². The van der Waals surface area contributed by atoms with E-state index in [1.807, 2.05) is 0 Å². The van der Waals surface area contributed by atoms with Gasteiger partial charge < -0.3 is 14.2 Å². The van der Waals surface area contributed by atoms with Gasteiger partial charge in [-0.3, -0.25) is 5.32 Å². The first kappa shape index (κ1) is 24.9. The molecule has 182 valence electrons. The Hall–Kier alpha value is -2.22. The molecule has 3 atom stereocenters. The number of nitrogens with one attached hydrogen (secondary N) is 1. The van der Waals surface area contributed by atoms with E-state index in [9.17, 15) is 12.8 Å². The highest BCUT2D eigenvalue weighted by Crippen LogP contribution is 2.39. The standard InChI is InChI=1S/C24H26ClFN2O5S/c1-31-22-12-20(10-16(22)13-32-15-28-24(14-27)8-9-24)34(29,30)23-7-6-19(11-21(23)25)33-18-4-2-17(26)3-5-18/h2-7,11,16,20,22,28H,8-10,12-13,15H2,1H3/t16-,20?,22?/m1/s1. The Labute approximate surface area is 203 Å². The Balaban J connectivity index is 1.39. The van der Waals surface area contributed by atoms with Gasteiger partial charge in [0.05, 0.1) is 40.7 Å². The predicted molar refractivity (Wildman–Crippen MR) is 124 cm³/mol. The second-order valence-electron chi connectivity index (χ2n) is 8.71. The van der Waals surface area contributed by atoms with Crippen LogP contribution in [0.5, 0.6) is 11.5 Å². The molecule has 2 aliphatic carbocycles. The molecule has 2 unspecified atom stereocenters. The van der Waals surface area contributed by atoms with Crippen LogP contribution in [0.25, 0.3) is 0 Å². The molecule has 7 nitrogen and oxygen atoms in total. The fourth-order valence-electron chi connectivity index (χ4n) is 4.20. The molecule has 0 bridgehead atoms. The second-order valence-corrected chi connectivity index (χ2v) is 11.3. The van der Waals surface area contributed by atoms with Crippen LogP contribution < -0.4 is 10.1 Å². The summed E-state index contributed by atoms with van der Waals surface area (Å²) in [6, 6.07) is 12.1. The summed E-state index contributed by atoms with van der Waals surface area (Å²) in [4.78, 5) is 0.0356. The van der Waals surface area contributed by atoms with Gasteiger partial charge in [0.15, 0.2) is 9.84 Å². The van der Waals surface area contributed by atoms with Crippen molar-refractivity contribution in [2.24, 2.45) is 5.92 Å². The molecule has 2 aromatic carbocycles. The average molecular weight is 509 g/mol. The first-order valence-electron chi connectivity index (χ1n) is 11.0. The van der Waals surface area contributed by atoms with E-state index < -0.39 is 20.6 Å². The lowest BCUT2D eigenvalue weighted by atomic mass is 10.1. The topological polar surface area (TPSA) is 97.7 Å². The van der Waals surface area contributed by atoms with Crippen LogP contribution in [-0.2, 0) is 19.3 Å². The van der Waals surface area contributed by atoms with E-state index in [1.165, 1.54) is 42.5 Å². The van der Waals surface area contributed by atoms with Crippen LogP contribution in [0.2, 0.25) is 5.02 Å². The summed E-state index contributed by atoms with van der Waals surface area (Å²) in [6.07, 6.45) is 2.09. The van der Waals surface area contributed by atoms with Crippen LogP contribution in [-0.4, -0.2) is 45.8 Å². The van der Waals surface area contributed by atoms with Gasteiger partial charge in [-0.1, -0.05) is 11.6 Å². The zero-order valence-electron chi connectivity index (χ0n) is 18.7. The molecule has 34 heavy (non-hydrogen) atoms. The molecule has 0 heterocycles. The lowest BCUT2D eigenvalue weighted by Gasteiger charge is -2.18. The van der Waals surface area contributed by atoms with E-state index in [0.717, 1.165) is 12.8 Å². The minimum atomic E-state index is -3.72. The number of halogens is 2. The van der Waals surface area contributed by atoms with Crippen molar-refractivity contribution in [3.05, 3.63) is 53.3 Å². The van der Waals surface area contributed by atoms with E-state index in [-0.39, 0.29) is 34.5 Å². The number of benzene rings is 2. The van der Waals surface area contributed by atoms with Crippen LogP contribution in [0, 0.1) is 23.1 Å². The molecule has 1 N–H and O–H groups in total. The van der Waals surface area contributed by atoms with Crippen LogP contribution in [0.3, 0.4) is 0 Å². The number of sulfone groups is 1. The first-order chi connectivity index (χ1) is 16.3. The molecule has 2 aliphatic rings. The molecule has 4 rings (SSSR count). The van der Waals surface area contributed by atoms with Gasteiger partial charge in [-0.2, -0.15) is 5.26 Å². The molecule has 2 aromatic rings. The molecular formula is C24H26ClFN2O5S. The minimum Gasteiger partial charge on any atom is -0.457 e. The predicted octanol–water partition coefficient (Wildman–Crippen LogP) is 4.46. The van der Waals surface area contributed by atoms with Crippen molar-refractivity contribution < 1.29 is 27.0 Å². The smallest absolute Gasteiger partial charge is 0.182 e. The summed E-state index contributed by atoms with van der Waals surface area (Å²) in [6.45, 7) is 0.566. The molecule has 2 fully saturated rings.